The summed E-state index contributed by atoms with van der Waals surface area (Å²) >= 11 is 0. The first kappa shape index (κ1) is 20.4. The van der Waals surface area contributed by atoms with E-state index in [4.69, 9.17) is 4.74 Å². The predicted octanol–water partition coefficient (Wildman–Crippen LogP) is 1.09. The average Bonchev–Trinajstić information content (AvgIpc) is 2.88. The molecule has 2 saturated heterocycles. The van der Waals surface area contributed by atoms with Gasteiger partial charge in [-0.05, 0) is 18.6 Å². The van der Waals surface area contributed by atoms with Crippen LogP contribution in [0.5, 0.6) is 5.75 Å². The number of likely N-dealkylation sites (tertiary alicyclic amines) is 1. The van der Waals surface area contributed by atoms with Crippen molar-refractivity contribution in [3.8, 4) is 5.75 Å². The van der Waals surface area contributed by atoms with E-state index in [9.17, 15) is 19.2 Å². The molecule has 8 heteroatoms. The molecule has 0 bridgehead atoms. The van der Waals surface area contributed by atoms with Crippen LogP contribution in [0.1, 0.15) is 43.0 Å². The second-order valence-corrected chi connectivity index (χ2v) is 8.33. The predicted molar refractivity (Wildman–Crippen MR) is 108 cm³/mol. The number of para-hydroxylation sites is 1. The van der Waals surface area contributed by atoms with Crippen molar-refractivity contribution in [2.75, 3.05) is 39.3 Å². The molecule has 0 aliphatic carbocycles. The Balaban J connectivity index is 1.38. The van der Waals surface area contributed by atoms with Crippen molar-refractivity contribution in [1.29, 1.82) is 0 Å². The van der Waals surface area contributed by atoms with Gasteiger partial charge in [-0.3, -0.25) is 19.2 Å². The molecule has 1 spiro atoms. The van der Waals surface area contributed by atoms with Crippen molar-refractivity contribution in [2.24, 2.45) is 0 Å². The fraction of sp³-hybridized carbons (Fsp3) is 0.545. The minimum absolute atomic E-state index is 0.0127. The van der Waals surface area contributed by atoms with Crippen LogP contribution < -0.4 is 4.74 Å². The van der Waals surface area contributed by atoms with Gasteiger partial charge in [-0.2, -0.15) is 0 Å². The summed E-state index contributed by atoms with van der Waals surface area (Å²) in [6, 6.07) is 7.22. The lowest BCUT2D eigenvalue weighted by Gasteiger charge is -2.37. The van der Waals surface area contributed by atoms with Crippen molar-refractivity contribution >= 4 is 23.5 Å². The third-order valence-electron chi connectivity index (χ3n) is 6.39. The molecule has 1 aromatic rings. The van der Waals surface area contributed by atoms with E-state index in [1.54, 1.807) is 26.8 Å². The summed E-state index contributed by atoms with van der Waals surface area (Å²) in [6.45, 7) is 3.95. The standard InChI is InChI=1S/C22H27N3O5/c1-16(26)23-10-12-24(13-11-23)21(29)15-25-9-8-22(7-6-20(25)28)14-18(27)17-4-2-3-5-19(17)30-22/h2-5H,6-15H2,1H3/t22-/m0/s1. The van der Waals surface area contributed by atoms with Crippen LogP contribution in [0.2, 0.25) is 0 Å². The van der Waals surface area contributed by atoms with Gasteiger partial charge in [0.2, 0.25) is 17.7 Å². The quantitative estimate of drug-likeness (QED) is 0.725. The third kappa shape index (κ3) is 4.04. The minimum Gasteiger partial charge on any atom is -0.486 e. The van der Waals surface area contributed by atoms with Crippen LogP contribution in [0, 0.1) is 0 Å². The van der Waals surface area contributed by atoms with Gasteiger partial charge in [0.15, 0.2) is 5.78 Å². The number of piperazine rings is 1. The summed E-state index contributed by atoms with van der Waals surface area (Å²) in [5, 5.41) is 0. The second-order valence-electron chi connectivity index (χ2n) is 8.33. The number of hydrogen-bond donors (Lipinski definition) is 0. The number of rotatable bonds is 2. The van der Waals surface area contributed by atoms with Crippen molar-refractivity contribution < 1.29 is 23.9 Å². The Morgan fingerprint density at radius 2 is 1.70 bits per heavy atom. The van der Waals surface area contributed by atoms with Gasteiger partial charge in [0.1, 0.15) is 11.4 Å². The first-order chi connectivity index (χ1) is 14.4. The summed E-state index contributed by atoms with van der Waals surface area (Å²) in [6.07, 6.45) is 1.49. The summed E-state index contributed by atoms with van der Waals surface area (Å²) in [5.41, 5.74) is -0.0955. The Kier molecular flexibility index (Phi) is 5.49. The normalized spacial score (nSPS) is 24.4. The first-order valence-corrected chi connectivity index (χ1v) is 10.5. The number of carbonyl (C=O) groups is 4. The second kappa shape index (κ2) is 8.08. The van der Waals surface area contributed by atoms with Crippen LogP contribution in [0.25, 0.3) is 0 Å². The Bertz CT molecular complexity index is 877. The molecule has 0 saturated carbocycles. The zero-order chi connectivity index (χ0) is 21.3. The molecular weight excluding hydrogens is 386 g/mol. The Hall–Kier alpha value is -2.90. The number of Topliss-reactive ketones (excluding diaryl/α,β-unsaturated/α-hetero) is 1. The maximum atomic E-state index is 12.7. The van der Waals surface area contributed by atoms with E-state index in [0.717, 1.165) is 0 Å². The third-order valence-corrected chi connectivity index (χ3v) is 6.39. The lowest BCUT2D eigenvalue weighted by Crippen LogP contribution is -2.52. The minimum atomic E-state index is -0.688. The van der Waals surface area contributed by atoms with Crippen LogP contribution in [-0.4, -0.2) is 83.1 Å². The van der Waals surface area contributed by atoms with Gasteiger partial charge in [-0.1, -0.05) is 12.1 Å². The molecule has 8 nitrogen and oxygen atoms in total. The lowest BCUT2D eigenvalue weighted by molar-refractivity contribution is -0.143. The van der Waals surface area contributed by atoms with Gasteiger partial charge in [0, 0.05) is 52.5 Å². The molecule has 3 aliphatic rings. The van der Waals surface area contributed by atoms with Crippen molar-refractivity contribution in [2.45, 2.75) is 38.2 Å². The first-order valence-electron chi connectivity index (χ1n) is 10.5. The van der Waals surface area contributed by atoms with Gasteiger partial charge < -0.3 is 19.4 Å². The highest BCUT2D eigenvalue weighted by Crippen LogP contribution is 2.39. The van der Waals surface area contributed by atoms with E-state index < -0.39 is 5.60 Å². The molecule has 0 radical (unpaired) electrons. The molecule has 0 unspecified atom stereocenters. The summed E-state index contributed by atoms with van der Waals surface area (Å²) in [5.74, 6) is 0.441. The van der Waals surface area contributed by atoms with Crippen LogP contribution in [0.4, 0.5) is 0 Å². The van der Waals surface area contributed by atoms with Crippen LogP contribution >= 0.6 is 0 Å². The molecule has 2 fully saturated rings. The number of amides is 3. The summed E-state index contributed by atoms with van der Waals surface area (Å²) < 4.78 is 6.23. The van der Waals surface area contributed by atoms with Crippen LogP contribution in [0.3, 0.4) is 0 Å². The number of hydrogen-bond acceptors (Lipinski definition) is 5. The van der Waals surface area contributed by atoms with E-state index in [0.29, 0.717) is 56.9 Å². The van der Waals surface area contributed by atoms with E-state index in [1.807, 2.05) is 12.1 Å². The molecule has 3 heterocycles. The Morgan fingerprint density at radius 3 is 2.43 bits per heavy atom. The maximum absolute atomic E-state index is 12.7. The molecule has 0 aromatic heterocycles. The summed E-state index contributed by atoms with van der Waals surface area (Å²) in [4.78, 5) is 54.5. The topological polar surface area (TPSA) is 87.2 Å². The molecule has 3 aliphatic heterocycles. The molecule has 4 rings (SSSR count). The Labute approximate surface area is 175 Å². The molecule has 3 amide bonds. The highest BCUT2D eigenvalue weighted by atomic mass is 16.5. The number of ketones is 1. The summed E-state index contributed by atoms with van der Waals surface area (Å²) in [7, 11) is 0. The van der Waals surface area contributed by atoms with E-state index in [2.05, 4.69) is 0 Å². The molecule has 0 N–H and O–H groups in total. The van der Waals surface area contributed by atoms with Gasteiger partial charge in [0.25, 0.3) is 0 Å². The SMILES string of the molecule is CC(=O)N1CCN(C(=O)CN2CC[C@@]3(CCC2=O)CC(=O)c2ccccc2O3)CC1. The molecule has 160 valence electrons. The van der Waals surface area contributed by atoms with Crippen molar-refractivity contribution in [1.82, 2.24) is 14.7 Å². The number of benzene rings is 1. The number of nitrogens with zero attached hydrogens (tertiary/aromatic N) is 3. The maximum Gasteiger partial charge on any atom is 0.242 e. The van der Waals surface area contributed by atoms with Gasteiger partial charge >= 0.3 is 0 Å². The molecule has 1 aromatic carbocycles. The fourth-order valence-corrected chi connectivity index (χ4v) is 4.50. The van der Waals surface area contributed by atoms with Crippen LogP contribution in [0.15, 0.2) is 24.3 Å². The Morgan fingerprint density at radius 1 is 1.00 bits per heavy atom. The van der Waals surface area contributed by atoms with Crippen molar-refractivity contribution in [3.63, 3.8) is 0 Å². The molecular formula is C22H27N3O5. The fourth-order valence-electron chi connectivity index (χ4n) is 4.50. The molecule has 30 heavy (non-hydrogen) atoms. The molecule has 1 atom stereocenters. The monoisotopic (exact) mass is 413 g/mol. The van der Waals surface area contributed by atoms with Crippen LogP contribution in [-0.2, 0) is 14.4 Å². The van der Waals surface area contributed by atoms with E-state index in [-0.39, 0.29) is 42.9 Å². The van der Waals surface area contributed by atoms with Crippen molar-refractivity contribution in [3.05, 3.63) is 29.8 Å². The highest BCUT2D eigenvalue weighted by Gasteiger charge is 2.43. The average molecular weight is 413 g/mol. The van der Waals surface area contributed by atoms with E-state index in [1.165, 1.54) is 6.92 Å². The van der Waals surface area contributed by atoms with E-state index >= 15 is 0 Å². The lowest BCUT2D eigenvalue weighted by atomic mass is 9.84. The number of ether oxygens (including phenoxy) is 1. The number of fused-ring (bicyclic) bond motifs is 1. The largest absolute Gasteiger partial charge is 0.486 e. The van der Waals surface area contributed by atoms with Gasteiger partial charge in [0.05, 0.1) is 18.5 Å². The smallest absolute Gasteiger partial charge is 0.242 e. The highest BCUT2D eigenvalue weighted by molar-refractivity contribution is 6.00. The zero-order valence-electron chi connectivity index (χ0n) is 17.3. The number of carbonyl (C=O) groups excluding carboxylic acids is 4. The van der Waals surface area contributed by atoms with Gasteiger partial charge in [-0.25, -0.2) is 0 Å². The zero-order valence-corrected chi connectivity index (χ0v) is 17.3. The van der Waals surface area contributed by atoms with Gasteiger partial charge in [-0.15, -0.1) is 0 Å².